The molecule has 0 heterocycles. The molecule has 0 radical (unpaired) electrons. The Hall–Kier alpha value is -1.06. The molecule has 19 heavy (non-hydrogen) atoms. The fourth-order valence-corrected chi connectivity index (χ4v) is 2.11. The average Bonchev–Trinajstić information content (AvgIpc) is 2.43. The predicted molar refractivity (Wildman–Crippen MR) is 79.9 cm³/mol. The van der Waals surface area contributed by atoms with Gasteiger partial charge in [-0.05, 0) is 51.8 Å². The van der Waals surface area contributed by atoms with E-state index >= 15 is 0 Å². The SMILES string of the molecule is CNC(CCC(C)(C)OC)Cc1ccccc1OC. The van der Waals surface area contributed by atoms with Crippen LogP contribution in [0.15, 0.2) is 24.3 Å². The highest BCUT2D eigenvalue weighted by atomic mass is 16.5. The third kappa shape index (κ3) is 5.21. The maximum absolute atomic E-state index is 5.48. The van der Waals surface area contributed by atoms with Crippen LogP contribution in [0.4, 0.5) is 0 Å². The summed E-state index contributed by atoms with van der Waals surface area (Å²) >= 11 is 0. The van der Waals surface area contributed by atoms with E-state index in [1.165, 1.54) is 5.56 Å². The van der Waals surface area contributed by atoms with Crippen LogP contribution in [-0.4, -0.2) is 32.9 Å². The van der Waals surface area contributed by atoms with Crippen molar-refractivity contribution in [1.82, 2.24) is 5.32 Å². The average molecular weight is 265 g/mol. The number of para-hydroxylation sites is 1. The zero-order valence-electron chi connectivity index (χ0n) is 12.8. The van der Waals surface area contributed by atoms with Gasteiger partial charge in [0.25, 0.3) is 0 Å². The number of hydrogen-bond acceptors (Lipinski definition) is 3. The molecule has 1 aromatic rings. The molecule has 0 aromatic heterocycles. The predicted octanol–water partition coefficient (Wildman–Crippen LogP) is 3.03. The van der Waals surface area contributed by atoms with Crippen LogP contribution in [0.3, 0.4) is 0 Å². The summed E-state index contributed by atoms with van der Waals surface area (Å²) in [4.78, 5) is 0. The molecule has 3 nitrogen and oxygen atoms in total. The lowest BCUT2D eigenvalue weighted by atomic mass is 9.95. The Kier molecular flexibility index (Phi) is 6.32. The molecule has 0 aliphatic heterocycles. The number of likely N-dealkylation sites (N-methyl/N-ethyl adjacent to an activating group) is 1. The van der Waals surface area contributed by atoms with E-state index in [2.05, 4.69) is 31.3 Å². The molecule has 1 rings (SSSR count). The highest BCUT2D eigenvalue weighted by Crippen LogP contribution is 2.22. The molecule has 1 atom stereocenters. The van der Waals surface area contributed by atoms with Crippen LogP contribution in [0.1, 0.15) is 32.3 Å². The smallest absolute Gasteiger partial charge is 0.122 e. The van der Waals surface area contributed by atoms with Crippen LogP contribution in [0.5, 0.6) is 5.75 Å². The number of methoxy groups -OCH3 is 2. The molecule has 3 heteroatoms. The van der Waals surface area contributed by atoms with Gasteiger partial charge in [-0.15, -0.1) is 0 Å². The van der Waals surface area contributed by atoms with Crippen LogP contribution in [0.2, 0.25) is 0 Å². The monoisotopic (exact) mass is 265 g/mol. The Morgan fingerprint density at radius 2 is 1.89 bits per heavy atom. The van der Waals surface area contributed by atoms with E-state index in [0.29, 0.717) is 6.04 Å². The minimum Gasteiger partial charge on any atom is -0.496 e. The van der Waals surface area contributed by atoms with E-state index in [4.69, 9.17) is 9.47 Å². The third-order valence-electron chi connectivity index (χ3n) is 3.71. The van der Waals surface area contributed by atoms with Gasteiger partial charge in [0.1, 0.15) is 5.75 Å². The molecule has 1 aromatic carbocycles. The quantitative estimate of drug-likeness (QED) is 0.783. The normalized spacial score (nSPS) is 13.3. The molecule has 1 N–H and O–H groups in total. The molecule has 0 amide bonds. The van der Waals surface area contributed by atoms with Gasteiger partial charge >= 0.3 is 0 Å². The molecule has 0 spiro atoms. The summed E-state index contributed by atoms with van der Waals surface area (Å²) in [6.45, 7) is 4.26. The maximum atomic E-state index is 5.48. The van der Waals surface area contributed by atoms with Crippen molar-refractivity contribution in [2.45, 2.75) is 44.8 Å². The molecule has 0 saturated heterocycles. The van der Waals surface area contributed by atoms with Crippen molar-refractivity contribution in [1.29, 1.82) is 0 Å². The van der Waals surface area contributed by atoms with Crippen LogP contribution >= 0.6 is 0 Å². The zero-order valence-corrected chi connectivity index (χ0v) is 12.8. The van der Waals surface area contributed by atoms with Crippen molar-refractivity contribution in [3.05, 3.63) is 29.8 Å². The van der Waals surface area contributed by atoms with Crippen LogP contribution in [0.25, 0.3) is 0 Å². The molecular formula is C16H27NO2. The lowest BCUT2D eigenvalue weighted by molar-refractivity contribution is 0.0119. The standard InChI is InChI=1S/C16H27NO2/c1-16(2,19-5)11-10-14(17-3)12-13-8-6-7-9-15(13)18-4/h6-9,14,17H,10-12H2,1-5H3. The van der Waals surface area contributed by atoms with Gasteiger partial charge in [0, 0.05) is 13.2 Å². The van der Waals surface area contributed by atoms with Crippen molar-refractivity contribution in [2.24, 2.45) is 0 Å². The highest BCUT2D eigenvalue weighted by molar-refractivity contribution is 5.33. The molecule has 0 bridgehead atoms. The minimum absolute atomic E-state index is 0.0596. The molecule has 0 aliphatic rings. The van der Waals surface area contributed by atoms with Gasteiger partial charge in [-0.25, -0.2) is 0 Å². The van der Waals surface area contributed by atoms with E-state index in [-0.39, 0.29) is 5.60 Å². The zero-order chi connectivity index (χ0) is 14.3. The minimum atomic E-state index is -0.0596. The molecule has 0 aliphatic carbocycles. The number of nitrogens with one attached hydrogen (secondary N) is 1. The van der Waals surface area contributed by atoms with Crippen LogP contribution < -0.4 is 10.1 Å². The first-order valence-corrected chi connectivity index (χ1v) is 6.86. The second kappa shape index (κ2) is 7.51. The summed E-state index contributed by atoms with van der Waals surface area (Å²) in [6.07, 6.45) is 3.08. The van der Waals surface area contributed by atoms with Crippen molar-refractivity contribution in [3.63, 3.8) is 0 Å². The molecule has 1 unspecified atom stereocenters. The number of hydrogen-bond donors (Lipinski definition) is 1. The molecule has 0 fully saturated rings. The van der Waals surface area contributed by atoms with Gasteiger partial charge in [-0.2, -0.15) is 0 Å². The van der Waals surface area contributed by atoms with E-state index in [0.717, 1.165) is 25.0 Å². The first-order chi connectivity index (χ1) is 9.02. The Morgan fingerprint density at radius 1 is 1.21 bits per heavy atom. The van der Waals surface area contributed by atoms with Crippen LogP contribution in [-0.2, 0) is 11.2 Å². The van der Waals surface area contributed by atoms with Crippen molar-refractivity contribution in [2.75, 3.05) is 21.3 Å². The van der Waals surface area contributed by atoms with Crippen molar-refractivity contribution < 1.29 is 9.47 Å². The van der Waals surface area contributed by atoms with Gasteiger partial charge in [-0.3, -0.25) is 0 Å². The number of rotatable bonds is 8. The molecule has 0 saturated carbocycles. The topological polar surface area (TPSA) is 30.5 Å². The first-order valence-electron chi connectivity index (χ1n) is 6.86. The van der Waals surface area contributed by atoms with Gasteiger partial charge in [0.05, 0.1) is 12.7 Å². The van der Waals surface area contributed by atoms with Gasteiger partial charge in [0.2, 0.25) is 0 Å². The summed E-state index contributed by atoms with van der Waals surface area (Å²) in [5.41, 5.74) is 1.19. The van der Waals surface area contributed by atoms with Gasteiger partial charge < -0.3 is 14.8 Å². The van der Waals surface area contributed by atoms with Gasteiger partial charge in [0.15, 0.2) is 0 Å². The Balaban J connectivity index is 2.61. The molecular weight excluding hydrogens is 238 g/mol. The summed E-state index contributed by atoms with van der Waals surface area (Å²) in [5.74, 6) is 0.966. The maximum Gasteiger partial charge on any atom is 0.122 e. The summed E-state index contributed by atoms with van der Waals surface area (Å²) in [6, 6.07) is 8.64. The number of benzene rings is 1. The lowest BCUT2D eigenvalue weighted by Crippen LogP contribution is -2.32. The van der Waals surface area contributed by atoms with E-state index in [1.807, 2.05) is 19.2 Å². The lowest BCUT2D eigenvalue weighted by Gasteiger charge is -2.26. The van der Waals surface area contributed by atoms with Gasteiger partial charge in [-0.1, -0.05) is 18.2 Å². The first kappa shape index (κ1) is 16.0. The fraction of sp³-hybridized carbons (Fsp3) is 0.625. The van der Waals surface area contributed by atoms with E-state index in [9.17, 15) is 0 Å². The van der Waals surface area contributed by atoms with Crippen LogP contribution in [0, 0.1) is 0 Å². The second-order valence-corrected chi connectivity index (χ2v) is 5.50. The van der Waals surface area contributed by atoms with E-state index < -0.39 is 0 Å². The van der Waals surface area contributed by atoms with Crippen molar-refractivity contribution >= 4 is 0 Å². The largest absolute Gasteiger partial charge is 0.496 e. The Morgan fingerprint density at radius 3 is 2.47 bits per heavy atom. The highest BCUT2D eigenvalue weighted by Gasteiger charge is 2.19. The Bertz CT molecular complexity index is 377. The summed E-state index contributed by atoms with van der Waals surface area (Å²) in [7, 11) is 5.51. The molecule has 108 valence electrons. The number of ether oxygens (including phenoxy) is 2. The third-order valence-corrected chi connectivity index (χ3v) is 3.71. The summed E-state index contributed by atoms with van der Waals surface area (Å²) < 4.78 is 10.9. The van der Waals surface area contributed by atoms with Crippen molar-refractivity contribution in [3.8, 4) is 5.75 Å². The Labute approximate surface area is 117 Å². The van der Waals surface area contributed by atoms with E-state index in [1.54, 1.807) is 14.2 Å². The second-order valence-electron chi connectivity index (χ2n) is 5.50. The summed E-state index contributed by atoms with van der Waals surface area (Å²) in [5, 5.41) is 3.39. The fourth-order valence-electron chi connectivity index (χ4n) is 2.11.